The van der Waals surface area contributed by atoms with Crippen LogP contribution in [0.25, 0.3) is 0 Å². The number of nitrogens with one attached hydrogen (secondary N) is 2. The molecule has 25 heavy (non-hydrogen) atoms. The van der Waals surface area contributed by atoms with Gasteiger partial charge in [-0.25, -0.2) is 4.39 Å². The van der Waals surface area contributed by atoms with Crippen LogP contribution in [0.1, 0.15) is 12.0 Å². The molecule has 0 aliphatic carbocycles. The second-order valence-corrected chi connectivity index (χ2v) is 5.35. The van der Waals surface area contributed by atoms with Crippen LogP contribution in [0.4, 0.5) is 28.9 Å². The van der Waals surface area contributed by atoms with Gasteiger partial charge in [0.25, 0.3) is 0 Å². The molecule has 2 rings (SSSR count). The molecule has 9 heteroatoms. The van der Waals surface area contributed by atoms with E-state index in [2.05, 4.69) is 5.32 Å². The molecule has 132 valence electrons. The lowest BCUT2D eigenvalue weighted by Crippen LogP contribution is -2.22. The van der Waals surface area contributed by atoms with Crippen molar-refractivity contribution in [1.29, 1.82) is 0 Å². The molecule has 0 aliphatic rings. The molecule has 2 aromatic rings. The van der Waals surface area contributed by atoms with E-state index < -0.39 is 41.5 Å². The second-order valence-electron chi connectivity index (χ2n) is 4.95. The number of carbonyl (C=O) groups is 2. The van der Waals surface area contributed by atoms with E-state index in [0.29, 0.717) is 0 Å². The van der Waals surface area contributed by atoms with Crippen LogP contribution in [0, 0.1) is 5.82 Å². The van der Waals surface area contributed by atoms with Gasteiger partial charge in [0.05, 0.1) is 16.3 Å². The number of benzene rings is 2. The zero-order valence-corrected chi connectivity index (χ0v) is 13.2. The Kier molecular flexibility index (Phi) is 5.63. The standard InChI is InChI=1S/C16H11ClF4N2O2/c17-11-7-9(5-6-12(11)18)22-14(24)8-15(25)23-13-4-2-1-3-10(13)16(19,20)21/h1-7H,8H2,(H,22,24)(H,23,25). The molecule has 0 saturated heterocycles. The van der Waals surface area contributed by atoms with Gasteiger partial charge in [-0.15, -0.1) is 0 Å². The first-order valence-corrected chi connectivity index (χ1v) is 7.25. The number of halogens is 5. The zero-order chi connectivity index (χ0) is 18.6. The molecule has 0 aromatic heterocycles. The van der Waals surface area contributed by atoms with Crippen molar-refractivity contribution in [3.63, 3.8) is 0 Å². The fraction of sp³-hybridized carbons (Fsp3) is 0.125. The predicted octanol–water partition coefficient (Wildman–Crippen LogP) is 4.47. The molecular weight excluding hydrogens is 364 g/mol. The van der Waals surface area contributed by atoms with Crippen LogP contribution in [0.3, 0.4) is 0 Å². The Morgan fingerprint density at radius 3 is 2.28 bits per heavy atom. The second kappa shape index (κ2) is 7.52. The summed E-state index contributed by atoms with van der Waals surface area (Å²) < 4.78 is 51.6. The van der Waals surface area contributed by atoms with Crippen LogP contribution in [0.15, 0.2) is 42.5 Å². The van der Waals surface area contributed by atoms with Crippen molar-refractivity contribution in [2.75, 3.05) is 10.6 Å². The molecule has 0 atom stereocenters. The molecule has 0 saturated carbocycles. The van der Waals surface area contributed by atoms with Crippen molar-refractivity contribution >= 4 is 34.8 Å². The SMILES string of the molecule is O=C(CC(=O)Nc1ccccc1C(F)(F)F)Nc1ccc(F)c(Cl)c1. The number of hydrogen-bond acceptors (Lipinski definition) is 2. The summed E-state index contributed by atoms with van der Waals surface area (Å²) in [4.78, 5) is 23.5. The Labute approximate surface area is 144 Å². The highest BCUT2D eigenvalue weighted by Crippen LogP contribution is 2.34. The molecule has 2 aromatic carbocycles. The largest absolute Gasteiger partial charge is 0.418 e. The highest BCUT2D eigenvalue weighted by molar-refractivity contribution is 6.31. The summed E-state index contributed by atoms with van der Waals surface area (Å²) in [7, 11) is 0. The summed E-state index contributed by atoms with van der Waals surface area (Å²) in [6.45, 7) is 0. The first kappa shape index (κ1) is 18.7. The minimum atomic E-state index is -4.64. The van der Waals surface area contributed by atoms with Gasteiger partial charge in [0.2, 0.25) is 11.8 Å². The molecule has 4 nitrogen and oxygen atoms in total. The molecule has 0 heterocycles. The fourth-order valence-corrected chi connectivity index (χ4v) is 2.14. The quantitative estimate of drug-likeness (QED) is 0.613. The maximum absolute atomic E-state index is 13.0. The number of alkyl halides is 3. The summed E-state index contributed by atoms with van der Waals surface area (Å²) in [5.41, 5.74) is -1.31. The number of para-hydroxylation sites is 1. The van der Waals surface area contributed by atoms with Crippen LogP contribution in [-0.4, -0.2) is 11.8 Å². The van der Waals surface area contributed by atoms with Gasteiger partial charge in [0.1, 0.15) is 12.2 Å². The average molecular weight is 375 g/mol. The Hall–Kier alpha value is -2.61. The molecule has 0 fully saturated rings. The minimum absolute atomic E-state index is 0.153. The monoisotopic (exact) mass is 374 g/mol. The third kappa shape index (κ3) is 5.18. The number of rotatable bonds is 4. The minimum Gasteiger partial charge on any atom is -0.326 e. The normalized spacial score (nSPS) is 11.1. The predicted molar refractivity (Wildman–Crippen MR) is 84.7 cm³/mol. The first-order valence-electron chi connectivity index (χ1n) is 6.88. The van der Waals surface area contributed by atoms with Gasteiger partial charge in [-0.3, -0.25) is 9.59 Å². The van der Waals surface area contributed by atoms with E-state index in [0.717, 1.165) is 24.3 Å². The van der Waals surface area contributed by atoms with E-state index in [-0.39, 0.29) is 10.7 Å². The van der Waals surface area contributed by atoms with Crippen LogP contribution in [0.5, 0.6) is 0 Å². The van der Waals surface area contributed by atoms with Crippen molar-refractivity contribution in [2.45, 2.75) is 12.6 Å². The zero-order valence-electron chi connectivity index (χ0n) is 12.5. The lowest BCUT2D eigenvalue weighted by molar-refractivity contribution is -0.137. The number of carbonyl (C=O) groups excluding carboxylic acids is 2. The third-order valence-corrected chi connectivity index (χ3v) is 3.32. The van der Waals surface area contributed by atoms with E-state index in [1.165, 1.54) is 18.2 Å². The van der Waals surface area contributed by atoms with Gasteiger partial charge in [-0.2, -0.15) is 13.2 Å². The molecule has 0 unspecified atom stereocenters. The molecule has 2 N–H and O–H groups in total. The van der Waals surface area contributed by atoms with Crippen LogP contribution >= 0.6 is 11.6 Å². The van der Waals surface area contributed by atoms with Crippen molar-refractivity contribution in [3.05, 3.63) is 58.9 Å². The summed E-state index contributed by atoms with van der Waals surface area (Å²) in [6.07, 6.45) is -5.36. The summed E-state index contributed by atoms with van der Waals surface area (Å²) in [5, 5.41) is 4.13. The van der Waals surface area contributed by atoms with Crippen LogP contribution in [-0.2, 0) is 15.8 Å². The Morgan fingerprint density at radius 1 is 1.00 bits per heavy atom. The topological polar surface area (TPSA) is 58.2 Å². The van der Waals surface area contributed by atoms with Crippen molar-refractivity contribution in [2.24, 2.45) is 0 Å². The van der Waals surface area contributed by atoms with Crippen molar-refractivity contribution in [3.8, 4) is 0 Å². The first-order chi connectivity index (χ1) is 11.7. The molecular formula is C16H11ClF4N2O2. The van der Waals surface area contributed by atoms with Crippen molar-refractivity contribution in [1.82, 2.24) is 0 Å². The van der Waals surface area contributed by atoms with Crippen LogP contribution < -0.4 is 10.6 Å². The number of hydrogen-bond donors (Lipinski definition) is 2. The molecule has 0 bridgehead atoms. The summed E-state index contributed by atoms with van der Waals surface area (Å²) >= 11 is 5.56. The Bertz CT molecular complexity index is 809. The third-order valence-electron chi connectivity index (χ3n) is 3.03. The maximum Gasteiger partial charge on any atom is 0.418 e. The van der Waals surface area contributed by atoms with Gasteiger partial charge in [-0.05, 0) is 30.3 Å². The summed E-state index contributed by atoms with van der Waals surface area (Å²) in [5.74, 6) is -2.40. The van der Waals surface area contributed by atoms with E-state index >= 15 is 0 Å². The number of anilines is 2. The maximum atomic E-state index is 13.0. The van der Waals surface area contributed by atoms with Gasteiger partial charge < -0.3 is 10.6 Å². The van der Waals surface area contributed by atoms with Gasteiger partial charge in [-0.1, -0.05) is 23.7 Å². The fourth-order valence-electron chi connectivity index (χ4n) is 1.96. The lowest BCUT2D eigenvalue weighted by atomic mass is 10.1. The van der Waals surface area contributed by atoms with Crippen molar-refractivity contribution < 1.29 is 27.2 Å². The van der Waals surface area contributed by atoms with Gasteiger partial charge >= 0.3 is 6.18 Å². The number of amides is 2. The van der Waals surface area contributed by atoms with E-state index in [9.17, 15) is 27.2 Å². The molecule has 0 radical (unpaired) electrons. The van der Waals surface area contributed by atoms with E-state index in [4.69, 9.17) is 11.6 Å². The summed E-state index contributed by atoms with van der Waals surface area (Å²) in [6, 6.07) is 7.81. The van der Waals surface area contributed by atoms with E-state index in [1.54, 1.807) is 0 Å². The molecule has 2 amide bonds. The smallest absolute Gasteiger partial charge is 0.326 e. The Morgan fingerprint density at radius 2 is 1.64 bits per heavy atom. The Balaban J connectivity index is 2.01. The van der Waals surface area contributed by atoms with E-state index in [1.807, 2.05) is 5.32 Å². The molecule has 0 spiro atoms. The van der Waals surface area contributed by atoms with Gasteiger partial charge in [0, 0.05) is 5.69 Å². The van der Waals surface area contributed by atoms with Crippen LogP contribution in [0.2, 0.25) is 5.02 Å². The highest BCUT2D eigenvalue weighted by Gasteiger charge is 2.33. The highest BCUT2D eigenvalue weighted by atomic mass is 35.5. The lowest BCUT2D eigenvalue weighted by Gasteiger charge is -2.13. The average Bonchev–Trinajstić information content (AvgIpc) is 2.50. The van der Waals surface area contributed by atoms with Gasteiger partial charge in [0.15, 0.2) is 0 Å². The molecule has 0 aliphatic heterocycles.